The predicted molar refractivity (Wildman–Crippen MR) is 109 cm³/mol. The van der Waals surface area contributed by atoms with Crippen LogP contribution in [0.2, 0.25) is 0 Å². The highest BCUT2D eigenvalue weighted by molar-refractivity contribution is 7.59. The number of nitrogens with zero attached hydrogens (tertiary/aromatic N) is 1. The topological polar surface area (TPSA) is 82.3 Å². The van der Waals surface area contributed by atoms with Gasteiger partial charge in [0.25, 0.3) is 0 Å². The van der Waals surface area contributed by atoms with Gasteiger partial charge in [-0.2, -0.15) is 5.26 Å². The van der Waals surface area contributed by atoms with Crippen molar-refractivity contribution in [3.8, 4) is 6.07 Å². The Morgan fingerprint density at radius 1 is 1.37 bits per heavy atom. The van der Waals surface area contributed by atoms with E-state index in [4.69, 9.17) is 9.79 Å². The molecule has 0 heterocycles. The Labute approximate surface area is 163 Å². The van der Waals surface area contributed by atoms with Crippen molar-refractivity contribution in [1.29, 1.82) is 5.26 Å². The molecule has 0 aromatic heterocycles. The molecule has 27 heavy (non-hydrogen) atoms. The number of aliphatic hydroxyl groups excluding tert-OH is 1. The van der Waals surface area contributed by atoms with E-state index in [9.17, 15) is 9.67 Å². The van der Waals surface area contributed by atoms with Crippen molar-refractivity contribution < 1.29 is 14.2 Å². The van der Waals surface area contributed by atoms with Crippen molar-refractivity contribution in [3.05, 3.63) is 35.4 Å². The summed E-state index contributed by atoms with van der Waals surface area (Å²) in [5.74, 6) is 0.462. The number of nitriles is 1. The first-order chi connectivity index (χ1) is 13.0. The van der Waals surface area contributed by atoms with E-state index in [1.165, 1.54) is 19.3 Å². The van der Waals surface area contributed by atoms with Crippen LogP contribution in [-0.4, -0.2) is 36.7 Å². The van der Waals surface area contributed by atoms with Crippen LogP contribution in [0.5, 0.6) is 0 Å². The molecule has 1 aromatic carbocycles. The van der Waals surface area contributed by atoms with Crippen LogP contribution in [0.15, 0.2) is 24.3 Å². The molecule has 0 aliphatic heterocycles. The molecule has 2 N–H and O–H groups in total. The predicted octanol–water partition coefficient (Wildman–Crippen LogP) is 4.46. The average Bonchev–Trinajstić information content (AvgIpc) is 2.66. The first-order valence-electron chi connectivity index (χ1n) is 10.1. The largest absolute Gasteiger partial charge is 0.391 e. The van der Waals surface area contributed by atoms with Gasteiger partial charge in [-0.3, -0.25) is 4.57 Å². The van der Waals surface area contributed by atoms with Crippen LogP contribution in [0.3, 0.4) is 0 Å². The molecule has 3 atom stereocenters. The fraction of sp³-hybridized carbons (Fsp3) is 0.667. The Hall–Kier alpha value is -1.18. The monoisotopic (exact) mass is 392 g/mol. The molecule has 0 spiro atoms. The fourth-order valence-corrected chi connectivity index (χ4v) is 6.63. The Bertz CT molecular complexity index is 668. The minimum absolute atomic E-state index is 0.00206. The van der Waals surface area contributed by atoms with E-state index in [2.05, 4.69) is 11.4 Å². The van der Waals surface area contributed by atoms with Crippen molar-refractivity contribution in [2.45, 2.75) is 58.1 Å². The Morgan fingerprint density at radius 2 is 2.11 bits per heavy atom. The molecule has 1 saturated carbocycles. The second-order valence-electron chi connectivity index (χ2n) is 7.62. The van der Waals surface area contributed by atoms with Crippen molar-refractivity contribution in [2.24, 2.45) is 5.92 Å². The highest BCUT2D eigenvalue weighted by Gasteiger charge is 2.31. The molecule has 0 radical (unpaired) electrons. The maximum atomic E-state index is 13.2. The van der Waals surface area contributed by atoms with Gasteiger partial charge in [-0.25, -0.2) is 0 Å². The molecule has 6 heteroatoms. The van der Waals surface area contributed by atoms with Crippen molar-refractivity contribution in [1.82, 2.24) is 5.32 Å². The fourth-order valence-electron chi connectivity index (χ4n) is 3.87. The molecule has 2 rings (SSSR count). The summed E-state index contributed by atoms with van der Waals surface area (Å²) in [5, 5.41) is 22.8. The first-order valence-corrected chi connectivity index (χ1v) is 12.1. The lowest BCUT2D eigenvalue weighted by Gasteiger charge is -2.28. The summed E-state index contributed by atoms with van der Waals surface area (Å²) < 4.78 is 18.9. The smallest absolute Gasteiger partial charge is 0.206 e. The van der Waals surface area contributed by atoms with Crippen LogP contribution in [-0.2, 0) is 9.09 Å². The number of rotatable bonds is 10. The van der Waals surface area contributed by atoms with Crippen LogP contribution < -0.4 is 5.32 Å². The summed E-state index contributed by atoms with van der Waals surface area (Å²) in [7, 11) is -2.82. The summed E-state index contributed by atoms with van der Waals surface area (Å²) in [5.41, 5.74) is 1.62. The molecule has 1 aliphatic rings. The molecule has 0 saturated heterocycles. The Morgan fingerprint density at radius 3 is 2.78 bits per heavy atom. The van der Waals surface area contributed by atoms with Crippen LogP contribution in [0, 0.1) is 17.2 Å². The Balaban J connectivity index is 1.87. The van der Waals surface area contributed by atoms with Gasteiger partial charge in [-0.15, -0.1) is 0 Å². The van der Waals surface area contributed by atoms with Crippen molar-refractivity contribution in [2.75, 3.05) is 25.5 Å². The quantitative estimate of drug-likeness (QED) is 0.574. The summed E-state index contributed by atoms with van der Waals surface area (Å²) in [6.45, 7) is 4.62. The second-order valence-corrected chi connectivity index (χ2v) is 10.2. The molecular formula is C21H33N2O3P. The Kier molecular flexibility index (Phi) is 8.99. The molecule has 1 fully saturated rings. The first kappa shape index (κ1) is 22.1. The molecule has 1 aliphatic carbocycles. The summed E-state index contributed by atoms with van der Waals surface area (Å²) >= 11 is 0. The van der Waals surface area contributed by atoms with Gasteiger partial charge >= 0.3 is 0 Å². The van der Waals surface area contributed by atoms with Gasteiger partial charge in [0, 0.05) is 18.7 Å². The van der Waals surface area contributed by atoms with E-state index >= 15 is 0 Å². The third-order valence-corrected chi connectivity index (χ3v) is 8.07. The lowest BCUT2D eigenvalue weighted by Crippen LogP contribution is -2.32. The van der Waals surface area contributed by atoms with Gasteiger partial charge in [0.15, 0.2) is 0 Å². The average molecular weight is 392 g/mol. The maximum Gasteiger partial charge on any atom is 0.206 e. The number of hydrogen-bond acceptors (Lipinski definition) is 5. The maximum absolute atomic E-state index is 13.2. The molecule has 0 amide bonds. The normalized spacial score (nSPS) is 19.8. The number of nitrogens with one attached hydrogen (secondary N) is 1. The van der Waals surface area contributed by atoms with Crippen LogP contribution in [0.4, 0.5) is 0 Å². The van der Waals surface area contributed by atoms with Crippen LogP contribution in [0.1, 0.15) is 63.1 Å². The summed E-state index contributed by atoms with van der Waals surface area (Å²) in [6.07, 6.45) is 6.02. The minimum Gasteiger partial charge on any atom is -0.391 e. The molecule has 2 unspecified atom stereocenters. The van der Waals surface area contributed by atoms with E-state index in [0.717, 1.165) is 18.4 Å². The zero-order valence-electron chi connectivity index (χ0n) is 16.6. The number of aliphatic hydroxyl groups is 1. The molecular weight excluding hydrogens is 359 g/mol. The highest BCUT2D eigenvalue weighted by atomic mass is 31.2. The minimum atomic E-state index is -2.82. The molecule has 150 valence electrons. The van der Waals surface area contributed by atoms with E-state index in [0.29, 0.717) is 30.8 Å². The van der Waals surface area contributed by atoms with E-state index in [-0.39, 0.29) is 12.2 Å². The van der Waals surface area contributed by atoms with Gasteiger partial charge in [-0.1, -0.05) is 31.4 Å². The van der Waals surface area contributed by atoms with Gasteiger partial charge < -0.3 is 14.9 Å². The van der Waals surface area contributed by atoms with Gasteiger partial charge in [-0.05, 0) is 50.3 Å². The van der Waals surface area contributed by atoms with Gasteiger partial charge in [0.2, 0.25) is 7.37 Å². The van der Waals surface area contributed by atoms with E-state index in [1.54, 1.807) is 6.07 Å². The van der Waals surface area contributed by atoms with Crippen molar-refractivity contribution >= 4 is 7.37 Å². The van der Waals surface area contributed by atoms with Crippen LogP contribution in [0.25, 0.3) is 0 Å². The van der Waals surface area contributed by atoms with Gasteiger partial charge in [0.05, 0.1) is 30.5 Å². The summed E-state index contributed by atoms with van der Waals surface area (Å²) in [4.78, 5) is 0. The lowest BCUT2D eigenvalue weighted by molar-refractivity contribution is 0.182. The van der Waals surface area contributed by atoms with Gasteiger partial charge in [0.1, 0.15) is 0 Å². The number of hydrogen-bond donors (Lipinski definition) is 2. The third-order valence-electron chi connectivity index (χ3n) is 5.29. The second kappa shape index (κ2) is 11.0. The zero-order chi connectivity index (χ0) is 19.7. The van der Waals surface area contributed by atoms with Crippen molar-refractivity contribution in [3.63, 3.8) is 0 Å². The van der Waals surface area contributed by atoms with E-state index < -0.39 is 13.5 Å². The molecule has 0 bridgehead atoms. The number of benzene rings is 1. The summed E-state index contributed by atoms with van der Waals surface area (Å²) in [6, 6.07) is 9.57. The third kappa shape index (κ3) is 7.39. The van der Waals surface area contributed by atoms with Crippen LogP contribution >= 0.6 is 7.37 Å². The highest BCUT2D eigenvalue weighted by Crippen LogP contribution is 2.51. The lowest BCUT2D eigenvalue weighted by atomic mass is 9.91. The van der Waals surface area contributed by atoms with E-state index in [1.807, 2.05) is 32.0 Å². The SMILES string of the molecule is CCOP(=O)(CC1CCCCC1)C[C@H](O)CNC(C)c1cccc(C#N)c1. The molecule has 5 nitrogen and oxygen atoms in total. The standard InChI is InChI=1S/C21H33N2O3P/c1-3-26-27(25,15-18-8-5-4-6-9-18)16-21(24)14-23-17(2)20-11-7-10-19(12-20)13-22/h7,10-12,17-18,21,23-24H,3-6,8-9,14-16H2,1-2H3/t17?,21-,27?/m1/s1. The molecule has 1 aromatic rings. The zero-order valence-corrected chi connectivity index (χ0v) is 17.5.